The summed E-state index contributed by atoms with van der Waals surface area (Å²) in [5, 5.41) is 12.9. The van der Waals surface area contributed by atoms with Crippen LogP contribution in [-0.4, -0.2) is 21.9 Å². The van der Waals surface area contributed by atoms with Crippen molar-refractivity contribution in [2.75, 3.05) is 5.75 Å². The lowest BCUT2D eigenvalue weighted by Gasteiger charge is -2.18. The number of rotatable bonds is 6. The highest BCUT2D eigenvalue weighted by molar-refractivity contribution is 8.01. The third-order valence-electron chi connectivity index (χ3n) is 3.21. The number of carbonyl (C=O) groups excluding carboxylic acids is 1. The van der Waals surface area contributed by atoms with Crippen molar-refractivity contribution in [2.45, 2.75) is 17.3 Å². The van der Waals surface area contributed by atoms with Crippen LogP contribution in [0.1, 0.15) is 22.0 Å². The van der Waals surface area contributed by atoms with E-state index in [0.717, 1.165) is 14.8 Å². The van der Waals surface area contributed by atoms with Crippen LogP contribution < -0.4 is 5.32 Å². The minimum atomic E-state index is -0.113. The molecule has 2 aromatic heterocycles. The lowest BCUT2D eigenvalue weighted by molar-refractivity contribution is -0.119. The standard InChI is InChI=1S/C16H15N3OS3/c1-11-4-6-12(7-5-11)15(13-3-2-8-21-13)18-14(20)9-22-16-19-17-10-23-16/h2-8,10,15H,9H2,1H3,(H,18,20). The number of aromatic nitrogens is 2. The van der Waals surface area contributed by atoms with E-state index in [9.17, 15) is 4.79 Å². The molecule has 1 N–H and O–H groups in total. The van der Waals surface area contributed by atoms with Gasteiger partial charge in [-0.2, -0.15) is 0 Å². The van der Waals surface area contributed by atoms with Gasteiger partial charge in [0.05, 0.1) is 11.8 Å². The lowest BCUT2D eigenvalue weighted by Crippen LogP contribution is -2.30. The summed E-state index contributed by atoms with van der Waals surface area (Å²) in [6.07, 6.45) is 0. The van der Waals surface area contributed by atoms with E-state index in [0.29, 0.717) is 5.75 Å². The van der Waals surface area contributed by atoms with E-state index in [2.05, 4.69) is 46.7 Å². The van der Waals surface area contributed by atoms with Crippen molar-refractivity contribution in [1.82, 2.24) is 15.5 Å². The van der Waals surface area contributed by atoms with Gasteiger partial charge in [0.2, 0.25) is 5.91 Å². The highest BCUT2D eigenvalue weighted by Crippen LogP contribution is 2.27. The average Bonchev–Trinajstić information content (AvgIpc) is 3.25. The highest BCUT2D eigenvalue weighted by atomic mass is 32.2. The van der Waals surface area contributed by atoms with Gasteiger partial charge in [-0.25, -0.2) is 0 Å². The largest absolute Gasteiger partial charge is 0.344 e. The molecular weight excluding hydrogens is 346 g/mol. The maximum Gasteiger partial charge on any atom is 0.231 e. The molecule has 1 unspecified atom stereocenters. The second-order valence-electron chi connectivity index (χ2n) is 4.92. The van der Waals surface area contributed by atoms with Crippen molar-refractivity contribution >= 4 is 40.3 Å². The Morgan fingerprint density at radius 2 is 2.09 bits per heavy atom. The summed E-state index contributed by atoms with van der Waals surface area (Å²) in [6.45, 7) is 2.06. The molecule has 0 radical (unpaired) electrons. The first-order valence-corrected chi connectivity index (χ1v) is 9.75. The summed E-state index contributed by atoms with van der Waals surface area (Å²) in [7, 11) is 0. The monoisotopic (exact) mass is 361 g/mol. The zero-order chi connectivity index (χ0) is 16.1. The fraction of sp³-hybridized carbons (Fsp3) is 0.188. The molecule has 0 aliphatic carbocycles. The summed E-state index contributed by atoms with van der Waals surface area (Å²) in [4.78, 5) is 13.4. The van der Waals surface area contributed by atoms with Crippen molar-refractivity contribution in [3.63, 3.8) is 0 Å². The zero-order valence-electron chi connectivity index (χ0n) is 12.4. The number of hydrogen-bond donors (Lipinski definition) is 1. The molecule has 3 aromatic rings. The minimum Gasteiger partial charge on any atom is -0.344 e. The third-order valence-corrected chi connectivity index (χ3v) is 6.01. The van der Waals surface area contributed by atoms with Gasteiger partial charge in [0.25, 0.3) is 0 Å². The topological polar surface area (TPSA) is 54.9 Å². The maximum absolute atomic E-state index is 12.3. The number of benzene rings is 1. The zero-order valence-corrected chi connectivity index (χ0v) is 14.9. The Morgan fingerprint density at radius 1 is 1.26 bits per heavy atom. The van der Waals surface area contributed by atoms with Crippen LogP contribution in [0, 0.1) is 6.92 Å². The Morgan fingerprint density at radius 3 is 2.74 bits per heavy atom. The Labute approximate surface area is 147 Å². The van der Waals surface area contributed by atoms with Gasteiger partial charge in [0.1, 0.15) is 5.51 Å². The number of hydrogen-bond acceptors (Lipinski definition) is 6. The molecule has 23 heavy (non-hydrogen) atoms. The normalized spacial score (nSPS) is 12.0. The van der Waals surface area contributed by atoms with Crippen LogP contribution in [0.2, 0.25) is 0 Å². The highest BCUT2D eigenvalue weighted by Gasteiger charge is 2.18. The van der Waals surface area contributed by atoms with Crippen molar-refractivity contribution in [2.24, 2.45) is 0 Å². The van der Waals surface area contributed by atoms with E-state index in [1.165, 1.54) is 28.7 Å². The number of thioether (sulfide) groups is 1. The van der Waals surface area contributed by atoms with E-state index in [-0.39, 0.29) is 11.9 Å². The van der Waals surface area contributed by atoms with Gasteiger partial charge in [-0.3, -0.25) is 4.79 Å². The second-order valence-corrected chi connectivity index (χ2v) is 7.95. The fourth-order valence-electron chi connectivity index (χ4n) is 2.09. The summed E-state index contributed by atoms with van der Waals surface area (Å²) < 4.78 is 0.808. The number of carbonyl (C=O) groups is 1. The molecular formula is C16H15N3OS3. The van der Waals surface area contributed by atoms with Crippen LogP contribution in [0.15, 0.2) is 51.6 Å². The molecule has 2 heterocycles. The smallest absolute Gasteiger partial charge is 0.231 e. The Balaban J connectivity index is 1.71. The van der Waals surface area contributed by atoms with E-state index in [4.69, 9.17) is 0 Å². The van der Waals surface area contributed by atoms with Crippen molar-refractivity contribution in [3.8, 4) is 0 Å². The van der Waals surface area contributed by atoms with Gasteiger partial charge in [0, 0.05) is 4.88 Å². The molecule has 3 rings (SSSR count). The van der Waals surface area contributed by atoms with Crippen LogP contribution in [0.3, 0.4) is 0 Å². The molecule has 118 valence electrons. The Kier molecular flexibility index (Phi) is 5.43. The number of amides is 1. The quantitative estimate of drug-likeness (QED) is 0.677. The molecule has 4 nitrogen and oxygen atoms in total. The van der Waals surface area contributed by atoms with E-state index >= 15 is 0 Å². The number of nitrogens with one attached hydrogen (secondary N) is 1. The molecule has 0 bridgehead atoms. The molecule has 0 saturated heterocycles. The molecule has 1 aromatic carbocycles. The van der Waals surface area contributed by atoms with Crippen LogP contribution in [-0.2, 0) is 4.79 Å². The molecule has 0 fully saturated rings. The fourth-order valence-corrected chi connectivity index (χ4v) is 4.19. The molecule has 0 aliphatic heterocycles. The average molecular weight is 362 g/mol. The van der Waals surface area contributed by atoms with Gasteiger partial charge in [-0.15, -0.1) is 21.5 Å². The van der Waals surface area contributed by atoms with Crippen molar-refractivity contribution in [3.05, 3.63) is 63.3 Å². The Bertz CT molecular complexity index is 739. The lowest BCUT2D eigenvalue weighted by atomic mass is 10.0. The summed E-state index contributed by atoms with van der Waals surface area (Å²) >= 11 is 4.50. The van der Waals surface area contributed by atoms with Gasteiger partial charge >= 0.3 is 0 Å². The SMILES string of the molecule is Cc1ccc(C(NC(=O)CSc2nncs2)c2cccs2)cc1. The summed E-state index contributed by atoms with van der Waals surface area (Å²) in [6, 6.07) is 12.2. The molecule has 0 spiro atoms. The van der Waals surface area contributed by atoms with Crippen LogP contribution in [0.4, 0.5) is 0 Å². The summed E-state index contributed by atoms with van der Waals surface area (Å²) in [5.41, 5.74) is 3.96. The first kappa shape index (κ1) is 16.2. The number of thiophene rings is 1. The van der Waals surface area contributed by atoms with Crippen molar-refractivity contribution in [1.29, 1.82) is 0 Å². The number of aryl methyl sites for hydroxylation is 1. The first-order chi connectivity index (χ1) is 11.2. The van der Waals surface area contributed by atoms with Gasteiger partial charge in [-0.1, -0.05) is 59.0 Å². The van der Waals surface area contributed by atoms with Gasteiger partial charge in [-0.05, 0) is 23.9 Å². The summed E-state index contributed by atoms with van der Waals surface area (Å²) in [5.74, 6) is 0.326. The molecule has 0 saturated carbocycles. The van der Waals surface area contributed by atoms with Gasteiger partial charge in [0.15, 0.2) is 4.34 Å². The molecule has 0 aliphatic rings. The van der Waals surface area contributed by atoms with Crippen LogP contribution in [0.25, 0.3) is 0 Å². The minimum absolute atomic E-state index is 0.0100. The molecule has 1 amide bonds. The molecule has 7 heteroatoms. The second kappa shape index (κ2) is 7.72. The Hall–Kier alpha value is -1.70. The van der Waals surface area contributed by atoms with E-state index in [1.807, 2.05) is 17.5 Å². The van der Waals surface area contributed by atoms with E-state index in [1.54, 1.807) is 16.8 Å². The predicted molar refractivity (Wildman–Crippen MR) is 96.1 cm³/mol. The first-order valence-electron chi connectivity index (χ1n) is 7.00. The van der Waals surface area contributed by atoms with E-state index < -0.39 is 0 Å². The van der Waals surface area contributed by atoms with Gasteiger partial charge < -0.3 is 5.32 Å². The third kappa shape index (κ3) is 4.40. The van der Waals surface area contributed by atoms with Crippen LogP contribution >= 0.6 is 34.4 Å². The predicted octanol–water partition coefficient (Wildman–Crippen LogP) is 3.91. The number of nitrogens with zero attached hydrogens (tertiary/aromatic N) is 2. The maximum atomic E-state index is 12.3. The van der Waals surface area contributed by atoms with Crippen LogP contribution in [0.5, 0.6) is 0 Å². The van der Waals surface area contributed by atoms with Crippen molar-refractivity contribution < 1.29 is 4.79 Å². The molecule has 1 atom stereocenters.